The number of pyridine rings is 1. The number of hydrogen-bond donors (Lipinski definition) is 1. The number of nitrogens with one attached hydrogen (secondary N) is 1. The molecule has 0 aliphatic carbocycles. The standard InChI is InChI=1S/C12H15N5O/c1-2-4-14-10(3-1)12-15-11(18-16-12)9-17-7-5-13-6-8-17/h1-4,13H,5-9H2. The molecule has 1 saturated heterocycles. The number of piperazine rings is 1. The first-order chi connectivity index (χ1) is 8.92. The second-order valence-corrected chi connectivity index (χ2v) is 4.25. The minimum absolute atomic E-state index is 0.556. The highest BCUT2D eigenvalue weighted by Gasteiger charge is 2.15. The smallest absolute Gasteiger partial charge is 0.241 e. The van der Waals surface area contributed by atoms with Gasteiger partial charge in [0.1, 0.15) is 5.69 Å². The van der Waals surface area contributed by atoms with E-state index in [1.54, 1.807) is 6.20 Å². The summed E-state index contributed by atoms with van der Waals surface area (Å²) < 4.78 is 5.26. The fourth-order valence-electron chi connectivity index (χ4n) is 1.98. The van der Waals surface area contributed by atoms with Crippen molar-refractivity contribution in [1.29, 1.82) is 0 Å². The van der Waals surface area contributed by atoms with Crippen LogP contribution >= 0.6 is 0 Å². The maximum atomic E-state index is 5.26. The molecule has 3 rings (SSSR count). The van der Waals surface area contributed by atoms with Crippen molar-refractivity contribution < 1.29 is 4.52 Å². The van der Waals surface area contributed by atoms with Gasteiger partial charge in [0.05, 0.1) is 6.54 Å². The lowest BCUT2D eigenvalue weighted by molar-refractivity contribution is 0.203. The molecule has 0 bridgehead atoms. The molecular formula is C12H15N5O. The minimum Gasteiger partial charge on any atom is -0.337 e. The first kappa shape index (κ1) is 11.3. The van der Waals surface area contributed by atoms with E-state index in [4.69, 9.17) is 4.52 Å². The van der Waals surface area contributed by atoms with Crippen molar-refractivity contribution in [3.8, 4) is 11.5 Å². The molecule has 1 fully saturated rings. The third kappa shape index (κ3) is 2.55. The average Bonchev–Trinajstić information content (AvgIpc) is 2.89. The largest absolute Gasteiger partial charge is 0.337 e. The van der Waals surface area contributed by atoms with Gasteiger partial charge in [0.15, 0.2) is 0 Å². The number of aromatic nitrogens is 3. The lowest BCUT2D eigenvalue weighted by atomic mass is 10.3. The maximum Gasteiger partial charge on any atom is 0.241 e. The zero-order valence-corrected chi connectivity index (χ0v) is 10.0. The predicted octanol–water partition coefficient (Wildman–Crippen LogP) is 0.537. The van der Waals surface area contributed by atoms with Crippen LogP contribution in [0.4, 0.5) is 0 Å². The summed E-state index contributed by atoms with van der Waals surface area (Å²) in [6.07, 6.45) is 1.72. The Hall–Kier alpha value is -1.79. The zero-order valence-electron chi connectivity index (χ0n) is 10.0. The van der Waals surface area contributed by atoms with Gasteiger partial charge < -0.3 is 9.84 Å². The van der Waals surface area contributed by atoms with E-state index in [1.807, 2.05) is 18.2 Å². The van der Waals surface area contributed by atoms with E-state index in [0.29, 0.717) is 18.3 Å². The summed E-state index contributed by atoms with van der Waals surface area (Å²) >= 11 is 0. The monoisotopic (exact) mass is 245 g/mol. The van der Waals surface area contributed by atoms with E-state index in [2.05, 4.69) is 25.3 Å². The van der Waals surface area contributed by atoms with Crippen LogP contribution in [-0.4, -0.2) is 46.2 Å². The van der Waals surface area contributed by atoms with Crippen molar-refractivity contribution >= 4 is 0 Å². The maximum absolute atomic E-state index is 5.26. The summed E-state index contributed by atoms with van der Waals surface area (Å²) in [5.74, 6) is 1.21. The molecule has 1 aliphatic heterocycles. The normalized spacial score (nSPS) is 16.9. The Bertz CT molecular complexity index is 492. The van der Waals surface area contributed by atoms with Crippen LogP contribution in [0, 0.1) is 0 Å². The Kier molecular flexibility index (Phi) is 3.29. The molecule has 0 aromatic carbocycles. The molecule has 6 heteroatoms. The van der Waals surface area contributed by atoms with E-state index in [1.165, 1.54) is 0 Å². The predicted molar refractivity (Wildman–Crippen MR) is 65.7 cm³/mol. The Morgan fingerprint density at radius 3 is 2.94 bits per heavy atom. The van der Waals surface area contributed by atoms with Crippen LogP contribution in [0.15, 0.2) is 28.9 Å². The van der Waals surface area contributed by atoms with Crippen LogP contribution in [0.2, 0.25) is 0 Å². The summed E-state index contributed by atoms with van der Waals surface area (Å²) in [6.45, 7) is 4.77. The van der Waals surface area contributed by atoms with Crippen molar-refractivity contribution in [2.75, 3.05) is 26.2 Å². The molecule has 2 aromatic heterocycles. The summed E-state index contributed by atoms with van der Waals surface area (Å²) in [5.41, 5.74) is 0.743. The first-order valence-corrected chi connectivity index (χ1v) is 6.09. The quantitative estimate of drug-likeness (QED) is 0.851. The van der Waals surface area contributed by atoms with E-state index < -0.39 is 0 Å². The van der Waals surface area contributed by atoms with Crippen LogP contribution in [-0.2, 0) is 6.54 Å². The van der Waals surface area contributed by atoms with Gasteiger partial charge in [-0.05, 0) is 12.1 Å². The van der Waals surface area contributed by atoms with E-state index in [0.717, 1.165) is 31.9 Å². The van der Waals surface area contributed by atoms with Crippen molar-refractivity contribution in [1.82, 2.24) is 25.3 Å². The fourth-order valence-corrected chi connectivity index (χ4v) is 1.98. The van der Waals surface area contributed by atoms with Crippen LogP contribution in [0.3, 0.4) is 0 Å². The summed E-state index contributed by atoms with van der Waals surface area (Å²) in [6, 6.07) is 5.65. The van der Waals surface area contributed by atoms with E-state index >= 15 is 0 Å². The SMILES string of the molecule is c1ccc(-c2noc(CN3CCNCC3)n2)nc1. The van der Waals surface area contributed by atoms with Gasteiger partial charge in [-0.15, -0.1) is 0 Å². The van der Waals surface area contributed by atoms with Gasteiger partial charge in [0, 0.05) is 32.4 Å². The molecule has 2 aromatic rings. The van der Waals surface area contributed by atoms with Gasteiger partial charge in [0.25, 0.3) is 0 Å². The summed E-state index contributed by atoms with van der Waals surface area (Å²) in [4.78, 5) is 10.9. The molecule has 18 heavy (non-hydrogen) atoms. The lowest BCUT2D eigenvalue weighted by Crippen LogP contribution is -2.42. The highest BCUT2D eigenvalue weighted by atomic mass is 16.5. The molecule has 1 aliphatic rings. The summed E-state index contributed by atoms with van der Waals surface area (Å²) in [7, 11) is 0. The van der Waals surface area contributed by atoms with Gasteiger partial charge in [-0.1, -0.05) is 11.2 Å². The Labute approximate surface area is 105 Å². The van der Waals surface area contributed by atoms with Crippen LogP contribution < -0.4 is 5.32 Å². The van der Waals surface area contributed by atoms with Gasteiger partial charge in [-0.3, -0.25) is 9.88 Å². The molecule has 0 atom stereocenters. The minimum atomic E-state index is 0.556. The van der Waals surface area contributed by atoms with Gasteiger partial charge >= 0.3 is 0 Å². The van der Waals surface area contributed by atoms with Crippen LogP contribution in [0.1, 0.15) is 5.89 Å². The van der Waals surface area contributed by atoms with E-state index in [9.17, 15) is 0 Å². The topological polar surface area (TPSA) is 67.1 Å². The summed E-state index contributed by atoms with van der Waals surface area (Å²) in [5, 5.41) is 7.27. The van der Waals surface area contributed by atoms with Crippen molar-refractivity contribution in [2.24, 2.45) is 0 Å². The molecule has 6 nitrogen and oxygen atoms in total. The third-order valence-corrected chi connectivity index (χ3v) is 2.93. The Balaban J connectivity index is 1.69. The second kappa shape index (κ2) is 5.24. The molecule has 3 heterocycles. The molecular weight excluding hydrogens is 230 g/mol. The van der Waals surface area contributed by atoms with Gasteiger partial charge in [-0.2, -0.15) is 4.98 Å². The lowest BCUT2D eigenvalue weighted by Gasteiger charge is -2.25. The number of rotatable bonds is 3. The molecule has 0 saturated carbocycles. The Morgan fingerprint density at radius 2 is 2.17 bits per heavy atom. The van der Waals surface area contributed by atoms with Gasteiger partial charge in [-0.25, -0.2) is 0 Å². The third-order valence-electron chi connectivity index (χ3n) is 2.93. The molecule has 0 unspecified atom stereocenters. The first-order valence-electron chi connectivity index (χ1n) is 6.09. The molecule has 1 N–H and O–H groups in total. The van der Waals surface area contributed by atoms with Crippen LogP contribution in [0.25, 0.3) is 11.5 Å². The highest BCUT2D eigenvalue weighted by molar-refractivity contribution is 5.46. The second-order valence-electron chi connectivity index (χ2n) is 4.25. The van der Waals surface area contributed by atoms with Crippen molar-refractivity contribution in [3.05, 3.63) is 30.3 Å². The number of hydrogen-bond acceptors (Lipinski definition) is 6. The molecule has 0 radical (unpaired) electrons. The van der Waals surface area contributed by atoms with Crippen molar-refractivity contribution in [3.63, 3.8) is 0 Å². The molecule has 0 amide bonds. The fraction of sp³-hybridized carbons (Fsp3) is 0.417. The molecule has 94 valence electrons. The Morgan fingerprint density at radius 1 is 1.28 bits per heavy atom. The van der Waals surface area contributed by atoms with Crippen LogP contribution in [0.5, 0.6) is 0 Å². The van der Waals surface area contributed by atoms with Gasteiger partial charge in [0.2, 0.25) is 11.7 Å². The zero-order chi connectivity index (χ0) is 12.2. The highest BCUT2D eigenvalue weighted by Crippen LogP contribution is 2.13. The van der Waals surface area contributed by atoms with E-state index in [-0.39, 0.29) is 0 Å². The number of nitrogens with zero attached hydrogens (tertiary/aromatic N) is 4. The molecule has 0 spiro atoms. The van der Waals surface area contributed by atoms with Crippen molar-refractivity contribution in [2.45, 2.75) is 6.54 Å². The average molecular weight is 245 g/mol.